The number of aromatic nitrogens is 1. The van der Waals surface area contributed by atoms with E-state index >= 15 is 0 Å². The van der Waals surface area contributed by atoms with Crippen molar-refractivity contribution in [1.82, 2.24) is 5.32 Å². The molecule has 1 aromatic rings. The van der Waals surface area contributed by atoms with Gasteiger partial charge in [-0.1, -0.05) is 89.5 Å². The first-order valence-corrected chi connectivity index (χ1v) is 13.0. The Morgan fingerprint density at radius 1 is 0.697 bits per heavy atom. The highest BCUT2D eigenvalue weighted by Crippen LogP contribution is 2.13. The van der Waals surface area contributed by atoms with Crippen LogP contribution >= 0.6 is 0 Å². The maximum Gasteiger partial charge on any atom is 0.286 e. The van der Waals surface area contributed by atoms with Gasteiger partial charge in [0.2, 0.25) is 6.54 Å². The monoisotopic (exact) mass is 482 g/mol. The van der Waals surface area contributed by atoms with Gasteiger partial charge in [0, 0.05) is 31.7 Å². The van der Waals surface area contributed by atoms with E-state index in [2.05, 4.69) is 5.32 Å². The normalized spacial score (nSPS) is 10.5. The molecule has 0 aliphatic carbocycles. The van der Waals surface area contributed by atoms with Crippen LogP contribution in [0.4, 0.5) is 0 Å². The molecule has 33 heavy (non-hydrogen) atoms. The molecule has 0 bridgehead atoms. The Balaban J connectivity index is 0.0000102. The first-order valence-electron chi connectivity index (χ1n) is 13.0. The van der Waals surface area contributed by atoms with E-state index in [-0.39, 0.29) is 18.3 Å². The summed E-state index contributed by atoms with van der Waals surface area (Å²) in [7, 11) is 0. The maximum absolute atomic E-state index is 11.8. The second kappa shape index (κ2) is 25.2. The Morgan fingerprint density at radius 2 is 1.18 bits per heavy atom. The minimum absolute atomic E-state index is 0. The van der Waals surface area contributed by atoms with Gasteiger partial charge in [-0.25, -0.2) is 0 Å². The second-order valence-corrected chi connectivity index (χ2v) is 8.77. The van der Waals surface area contributed by atoms with Crippen LogP contribution < -0.4 is 22.3 Å². The highest BCUT2D eigenvalue weighted by Gasteiger charge is 2.06. The van der Waals surface area contributed by atoms with Crippen molar-refractivity contribution < 1.29 is 31.3 Å². The molecule has 1 rings (SSSR count). The van der Waals surface area contributed by atoms with E-state index in [4.69, 9.17) is 4.74 Å². The number of nitrogens with zero attached hydrogens (tertiary/aromatic N) is 1. The summed E-state index contributed by atoms with van der Waals surface area (Å²) in [6, 6.07) is 5.78. The summed E-state index contributed by atoms with van der Waals surface area (Å²) in [4.78, 5) is 22.1. The number of hydrogen-bond donors (Lipinski definition) is 1. The zero-order chi connectivity index (χ0) is 23.0. The van der Waals surface area contributed by atoms with E-state index in [1.54, 1.807) is 0 Å². The van der Waals surface area contributed by atoms with Crippen LogP contribution in [0.5, 0.6) is 0 Å². The number of halogens is 1. The Labute approximate surface area is 208 Å². The molecular weight excluding hydrogens is 436 g/mol. The molecule has 1 amide bonds. The number of amides is 1. The van der Waals surface area contributed by atoms with Crippen LogP contribution in [0.2, 0.25) is 0 Å². The van der Waals surface area contributed by atoms with Gasteiger partial charge in [-0.3, -0.25) is 4.79 Å². The SMILES string of the molecule is O=CCCCCCCCCCCCCCCCCCOCCNC(=O)C[n+]1ccccc1.[Cl-]. The van der Waals surface area contributed by atoms with Crippen LogP contribution in [0.25, 0.3) is 0 Å². The zero-order valence-corrected chi connectivity index (χ0v) is 21.4. The lowest BCUT2D eigenvalue weighted by atomic mass is 10.0. The molecule has 0 unspecified atom stereocenters. The summed E-state index contributed by atoms with van der Waals surface area (Å²) in [5.41, 5.74) is 0. The van der Waals surface area contributed by atoms with Crippen molar-refractivity contribution in [2.45, 2.75) is 109 Å². The second-order valence-electron chi connectivity index (χ2n) is 8.77. The Kier molecular flexibility index (Phi) is 24.1. The third-order valence-corrected chi connectivity index (χ3v) is 5.78. The van der Waals surface area contributed by atoms with Crippen LogP contribution in [0.1, 0.15) is 103 Å². The molecule has 6 heteroatoms. The van der Waals surface area contributed by atoms with Gasteiger partial charge in [-0.15, -0.1) is 0 Å². The minimum Gasteiger partial charge on any atom is -1.00 e. The third-order valence-electron chi connectivity index (χ3n) is 5.78. The third kappa shape index (κ3) is 22.1. The van der Waals surface area contributed by atoms with Gasteiger partial charge in [0.05, 0.1) is 6.61 Å². The summed E-state index contributed by atoms with van der Waals surface area (Å²) in [5.74, 6) is 0.0206. The van der Waals surface area contributed by atoms with Crippen molar-refractivity contribution in [2.75, 3.05) is 19.8 Å². The van der Waals surface area contributed by atoms with E-state index < -0.39 is 0 Å². The molecule has 1 aromatic heterocycles. The average molecular weight is 483 g/mol. The number of aldehydes is 1. The molecular formula is C27H47ClN2O3. The molecule has 5 nitrogen and oxygen atoms in total. The molecule has 1 heterocycles. The number of carbonyl (C=O) groups is 2. The van der Waals surface area contributed by atoms with Crippen molar-refractivity contribution in [1.29, 1.82) is 0 Å². The number of carbonyl (C=O) groups excluding carboxylic acids is 2. The smallest absolute Gasteiger partial charge is 0.286 e. The predicted octanol–water partition coefficient (Wildman–Crippen LogP) is 2.55. The van der Waals surface area contributed by atoms with E-state index in [1.807, 2.05) is 35.2 Å². The molecule has 0 radical (unpaired) electrons. The lowest BCUT2D eigenvalue weighted by molar-refractivity contribution is -0.684. The molecule has 1 N–H and O–H groups in total. The standard InChI is InChI=1S/C27H46N2O3.ClH/c30-23-18-13-11-9-7-5-3-1-2-4-6-8-10-12-14-19-24-32-25-20-28-27(31)26-29-21-16-15-17-22-29;/h15-17,21-23H,1-14,18-20,24-26H2;1H. The van der Waals surface area contributed by atoms with Gasteiger partial charge < -0.3 is 27.3 Å². The van der Waals surface area contributed by atoms with Crippen molar-refractivity contribution in [3.05, 3.63) is 30.6 Å². The van der Waals surface area contributed by atoms with E-state index in [9.17, 15) is 9.59 Å². The first kappa shape index (κ1) is 31.5. The highest BCUT2D eigenvalue weighted by molar-refractivity contribution is 5.74. The molecule has 0 spiro atoms. The van der Waals surface area contributed by atoms with Crippen molar-refractivity contribution >= 4 is 12.2 Å². The average Bonchev–Trinajstić information content (AvgIpc) is 2.80. The number of ether oxygens (including phenoxy) is 1. The van der Waals surface area contributed by atoms with E-state index in [0.29, 0.717) is 19.7 Å². The molecule has 0 saturated carbocycles. The fraction of sp³-hybridized carbons (Fsp3) is 0.741. The summed E-state index contributed by atoms with van der Waals surface area (Å²) in [6.07, 6.45) is 25.1. The maximum atomic E-state index is 11.8. The molecule has 0 atom stereocenters. The van der Waals surface area contributed by atoms with Crippen molar-refractivity contribution in [3.8, 4) is 0 Å². The number of nitrogens with one attached hydrogen (secondary N) is 1. The molecule has 190 valence electrons. The van der Waals surface area contributed by atoms with E-state index in [1.165, 1.54) is 83.5 Å². The van der Waals surface area contributed by atoms with Gasteiger partial charge >= 0.3 is 0 Å². The van der Waals surface area contributed by atoms with E-state index in [0.717, 1.165) is 32.2 Å². The van der Waals surface area contributed by atoms with Crippen LogP contribution in [-0.4, -0.2) is 32.0 Å². The van der Waals surface area contributed by atoms with Crippen LogP contribution in [0, 0.1) is 0 Å². The Bertz CT molecular complexity index is 558. The quantitative estimate of drug-likeness (QED) is 0.148. The molecule has 0 aliphatic heterocycles. The number of rotatable bonds is 23. The largest absolute Gasteiger partial charge is 1.00 e. The summed E-state index contributed by atoms with van der Waals surface area (Å²) in [6.45, 7) is 2.31. The lowest BCUT2D eigenvalue weighted by Crippen LogP contribution is -3.00. The summed E-state index contributed by atoms with van der Waals surface area (Å²) < 4.78 is 7.48. The van der Waals surface area contributed by atoms with Gasteiger partial charge in [-0.2, -0.15) is 4.57 Å². The topological polar surface area (TPSA) is 59.3 Å². The van der Waals surface area contributed by atoms with Crippen LogP contribution in [0.15, 0.2) is 30.6 Å². The Hall–Kier alpha value is -1.46. The molecule has 0 fully saturated rings. The van der Waals surface area contributed by atoms with Crippen LogP contribution in [-0.2, 0) is 20.9 Å². The van der Waals surface area contributed by atoms with Crippen molar-refractivity contribution in [3.63, 3.8) is 0 Å². The minimum atomic E-state index is 0. The molecule has 0 saturated heterocycles. The summed E-state index contributed by atoms with van der Waals surface area (Å²) in [5, 5.41) is 2.89. The predicted molar refractivity (Wildman–Crippen MR) is 130 cm³/mol. The lowest BCUT2D eigenvalue weighted by Gasteiger charge is -2.06. The fourth-order valence-electron chi connectivity index (χ4n) is 3.86. The van der Waals surface area contributed by atoms with Crippen molar-refractivity contribution in [2.24, 2.45) is 0 Å². The number of pyridine rings is 1. The van der Waals surface area contributed by atoms with Gasteiger partial charge in [-0.05, 0) is 12.8 Å². The van der Waals surface area contributed by atoms with Crippen LogP contribution in [0.3, 0.4) is 0 Å². The van der Waals surface area contributed by atoms with Gasteiger partial charge in [0.1, 0.15) is 6.29 Å². The number of unbranched alkanes of at least 4 members (excludes halogenated alkanes) is 15. The molecule has 0 aliphatic rings. The Morgan fingerprint density at radius 3 is 1.70 bits per heavy atom. The fourth-order valence-corrected chi connectivity index (χ4v) is 3.86. The first-order chi connectivity index (χ1) is 15.8. The summed E-state index contributed by atoms with van der Waals surface area (Å²) >= 11 is 0. The highest BCUT2D eigenvalue weighted by atomic mass is 35.5. The number of hydrogen-bond acceptors (Lipinski definition) is 3. The van der Waals surface area contributed by atoms with Gasteiger partial charge in [0.25, 0.3) is 5.91 Å². The zero-order valence-electron chi connectivity index (χ0n) is 20.7. The van der Waals surface area contributed by atoms with Gasteiger partial charge in [0.15, 0.2) is 12.4 Å². The molecule has 0 aromatic carbocycles.